The molecule has 0 saturated heterocycles. The van der Waals surface area contributed by atoms with E-state index >= 15 is 0 Å². The molecule has 0 radical (unpaired) electrons. The molecule has 1 amide bonds. The number of hydrazine groups is 1. The molecule has 10 heteroatoms. The molecule has 2 aromatic rings. The number of anilines is 1. The first-order chi connectivity index (χ1) is 12.9. The number of hydrogen-bond acceptors (Lipinski definition) is 3. The minimum absolute atomic E-state index is 0.00878. The maximum Gasteiger partial charge on any atom is 0.436 e. The van der Waals surface area contributed by atoms with Gasteiger partial charge in [-0.15, -0.1) is 0 Å². The van der Waals surface area contributed by atoms with Gasteiger partial charge in [-0.3, -0.25) is 4.79 Å². The van der Waals surface area contributed by atoms with E-state index in [1.165, 1.54) is 55.7 Å². The molecule has 152 valence electrons. The van der Waals surface area contributed by atoms with Gasteiger partial charge in [-0.25, -0.2) is 0 Å². The fraction of sp³-hybridized carbons (Fsp3) is 0.278. The molecule has 0 aliphatic carbocycles. The molecular formula is C18H17F6N3O. The Balaban J connectivity index is 2.45. The van der Waals surface area contributed by atoms with Crippen LogP contribution in [-0.4, -0.2) is 23.9 Å². The van der Waals surface area contributed by atoms with E-state index in [-0.39, 0.29) is 16.8 Å². The summed E-state index contributed by atoms with van der Waals surface area (Å²) < 4.78 is 81.7. The summed E-state index contributed by atoms with van der Waals surface area (Å²) in [6.07, 6.45) is -11.8. The first-order valence-corrected chi connectivity index (χ1v) is 7.99. The van der Waals surface area contributed by atoms with Crippen molar-refractivity contribution in [2.75, 3.05) is 5.43 Å². The molecule has 0 aliphatic rings. The number of hydrogen-bond donors (Lipinski definition) is 3. The molecule has 2 aromatic carbocycles. The topological polar surface area (TPSA) is 53.2 Å². The number of amides is 1. The van der Waals surface area contributed by atoms with E-state index < -0.39 is 23.9 Å². The Labute approximate surface area is 156 Å². The second kappa shape index (κ2) is 7.70. The Morgan fingerprint density at radius 1 is 0.786 bits per heavy atom. The number of nitrogens with one attached hydrogen (secondary N) is 3. The van der Waals surface area contributed by atoms with Crippen molar-refractivity contribution < 1.29 is 31.1 Å². The number of para-hydroxylation sites is 1. The predicted molar refractivity (Wildman–Crippen MR) is 91.4 cm³/mol. The SMILES string of the molecule is Cc1ccccc1NNC(NC(=O)c1ccccc1C)(C(F)(F)F)C(F)(F)F. The van der Waals surface area contributed by atoms with Crippen molar-refractivity contribution >= 4 is 11.6 Å². The van der Waals surface area contributed by atoms with Crippen molar-refractivity contribution in [3.05, 3.63) is 65.2 Å². The fourth-order valence-electron chi connectivity index (χ4n) is 2.41. The van der Waals surface area contributed by atoms with Gasteiger partial charge < -0.3 is 10.7 Å². The average molecular weight is 405 g/mol. The van der Waals surface area contributed by atoms with E-state index in [0.717, 1.165) is 11.4 Å². The molecule has 0 unspecified atom stereocenters. The first-order valence-electron chi connectivity index (χ1n) is 7.99. The average Bonchev–Trinajstić information content (AvgIpc) is 2.58. The molecule has 3 N–H and O–H groups in total. The highest BCUT2D eigenvalue weighted by molar-refractivity contribution is 5.96. The second-order valence-corrected chi connectivity index (χ2v) is 6.08. The van der Waals surface area contributed by atoms with Crippen LogP contribution in [0.4, 0.5) is 32.0 Å². The zero-order chi connectivity index (χ0) is 21.2. The number of carbonyl (C=O) groups excluding carboxylic acids is 1. The van der Waals surface area contributed by atoms with Crippen LogP contribution in [0.25, 0.3) is 0 Å². The highest BCUT2D eigenvalue weighted by atomic mass is 19.4. The van der Waals surface area contributed by atoms with E-state index in [9.17, 15) is 31.1 Å². The van der Waals surface area contributed by atoms with Gasteiger partial charge in [0, 0.05) is 5.56 Å². The molecule has 0 atom stereocenters. The van der Waals surface area contributed by atoms with Crippen LogP contribution in [0.1, 0.15) is 21.5 Å². The van der Waals surface area contributed by atoms with Crippen LogP contribution < -0.4 is 16.2 Å². The molecule has 0 aliphatic heterocycles. The van der Waals surface area contributed by atoms with Crippen LogP contribution in [0.2, 0.25) is 0 Å². The molecule has 28 heavy (non-hydrogen) atoms. The summed E-state index contributed by atoms with van der Waals surface area (Å²) in [5.41, 5.74) is -1.22. The van der Waals surface area contributed by atoms with Gasteiger partial charge >= 0.3 is 18.0 Å². The van der Waals surface area contributed by atoms with Crippen LogP contribution >= 0.6 is 0 Å². The van der Waals surface area contributed by atoms with Crippen LogP contribution in [0.3, 0.4) is 0 Å². The smallest absolute Gasteiger partial charge is 0.319 e. The van der Waals surface area contributed by atoms with Crippen LogP contribution in [0.15, 0.2) is 48.5 Å². The summed E-state index contributed by atoms with van der Waals surface area (Å²) in [5.74, 6) is -1.52. The Hall–Kier alpha value is -2.75. The van der Waals surface area contributed by atoms with Gasteiger partial charge in [-0.2, -0.15) is 31.8 Å². The van der Waals surface area contributed by atoms with E-state index in [1.54, 1.807) is 6.07 Å². The van der Waals surface area contributed by atoms with Gasteiger partial charge in [0.25, 0.3) is 5.91 Å². The van der Waals surface area contributed by atoms with Gasteiger partial charge in [0.15, 0.2) is 0 Å². The number of halogens is 6. The Morgan fingerprint density at radius 2 is 1.29 bits per heavy atom. The molecule has 2 rings (SSSR count). The van der Waals surface area contributed by atoms with E-state index in [2.05, 4.69) is 0 Å². The third kappa shape index (κ3) is 4.22. The second-order valence-electron chi connectivity index (χ2n) is 6.08. The van der Waals surface area contributed by atoms with E-state index in [4.69, 9.17) is 0 Å². The quantitative estimate of drug-likeness (QED) is 0.391. The normalized spacial score (nSPS) is 12.6. The zero-order valence-electron chi connectivity index (χ0n) is 14.8. The van der Waals surface area contributed by atoms with Gasteiger partial charge in [0.2, 0.25) is 0 Å². The van der Waals surface area contributed by atoms with Crippen LogP contribution in [0.5, 0.6) is 0 Å². The monoisotopic (exact) mass is 405 g/mol. The maximum absolute atomic E-state index is 13.6. The third-order valence-corrected chi connectivity index (χ3v) is 4.07. The largest absolute Gasteiger partial charge is 0.436 e. The van der Waals surface area contributed by atoms with E-state index in [0.29, 0.717) is 5.56 Å². The van der Waals surface area contributed by atoms with Crippen molar-refractivity contribution in [1.82, 2.24) is 10.7 Å². The number of rotatable bonds is 5. The van der Waals surface area contributed by atoms with Gasteiger partial charge in [0.1, 0.15) is 0 Å². The van der Waals surface area contributed by atoms with Crippen molar-refractivity contribution in [3.63, 3.8) is 0 Å². The minimum Gasteiger partial charge on any atom is -0.319 e. The summed E-state index contributed by atoms with van der Waals surface area (Å²) in [4.78, 5) is 12.3. The molecule has 0 bridgehead atoms. The number of benzene rings is 2. The van der Waals surface area contributed by atoms with Crippen LogP contribution in [-0.2, 0) is 0 Å². The van der Waals surface area contributed by atoms with Crippen LogP contribution in [0, 0.1) is 13.8 Å². The summed E-state index contributed by atoms with van der Waals surface area (Å²) >= 11 is 0. The summed E-state index contributed by atoms with van der Waals surface area (Å²) in [7, 11) is 0. The number of carbonyl (C=O) groups is 1. The molecule has 0 spiro atoms. The lowest BCUT2D eigenvalue weighted by Gasteiger charge is -2.38. The highest BCUT2D eigenvalue weighted by Crippen LogP contribution is 2.41. The molecule has 0 aromatic heterocycles. The first kappa shape index (κ1) is 21.5. The summed E-state index contributed by atoms with van der Waals surface area (Å²) in [6.45, 7) is 2.90. The maximum atomic E-state index is 13.6. The summed E-state index contributed by atoms with van der Waals surface area (Å²) in [6, 6.07) is 11.2. The summed E-state index contributed by atoms with van der Waals surface area (Å²) in [5, 5.41) is 1.09. The van der Waals surface area contributed by atoms with Crippen molar-refractivity contribution in [2.45, 2.75) is 31.9 Å². The van der Waals surface area contributed by atoms with Gasteiger partial charge in [-0.1, -0.05) is 36.4 Å². The number of alkyl halides is 6. The van der Waals surface area contributed by atoms with Gasteiger partial charge in [0.05, 0.1) is 5.69 Å². The van der Waals surface area contributed by atoms with E-state index in [1.807, 2.05) is 5.43 Å². The van der Waals surface area contributed by atoms with Crippen molar-refractivity contribution in [2.24, 2.45) is 0 Å². The Kier molecular flexibility index (Phi) is 5.93. The predicted octanol–water partition coefficient (Wildman–Crippen LogP) is 4.47. The standard InChI is InChI=1S/C18H17F6N3O/c1-11-7-3-5-9-13(11)15(28)25-16(17(19,20)21,18(22,23)24)27-26-14-10-6-4-8-12(14)2/h3-10,26-27H,1-2H3,(H,25,28). The lowest BCUT2D eigenvalue weighted by molar-refractivity contribution is -0.312. The molecule has 4 nitrogen and oxygen atoms in total. The van der Waals surface area contributed by atoms with Crippen molar-refractivity contribution in [1.29, 1.82) is 0 Å². The lowest BCUT2D eigenvalue weighted by Crippen LogP contribution is -2.76. The third-order valence-electron chi connectivity index (χ3n) is 4.07. The van der Waals surface area contributed by atoms with Crippen molar-refractivity contribution in [3.8, 4) is 0 Å². The molecule has 0 saturated carbocycles. The zero-order valence-corrected chi connectivity index (χ0v) is 14.8. The lowest BCUT2D eigenvalue weighted by atomic mass is 10.1. The molecule has 0 fully saturated rings. The Morgan fingerprint density at radius 3 is 1.79 bits per heavy atom. The molecule has 0 heterocycles. The fourth-order valence-corrected chi connectivity index (χ4v) is 2.41. The number of aryl methyl sites for hydroxylation is 2. The minimum atomic E-state index is -5.90. The van der Waals surface area contributed by atoms with Gasteiger partial charge in [-0.05, 0) is 37.1 Å². The molecular weight excluding hydrogens is 388 g/mol. The Bertz CT molecular complexity index is 834. The highest BCUT2D eigenvalue weighted by Gasteiger charge is 2.72.